The SMILES string of the molecule is COc1ccc2oc(C(=O)Nc3ccc(C)cc3)c(NC(=O)C3CCC(C(=O)N(C)C)CC3)c2n1. The van der Waals surface area contributed by atoms with Gasteiger partial charge in [0.15, 0.2) is 5.58 Å². The molecule has 0 atom stereocenters. The van der Waals surface area contributed by atoms with Crippen LogP contribution in [0.5, 0.6) is 5.88 Å². The van der Waals surface area contributed by atoms with Gasteiger partial charge >= 0.3 is 0 Å². The minimum absolute atomic E-state index is 0.0360. The third kappa shape index (κ3) is 5.29. The van der Waals surface area contributed by atoms with Gasteiger partial charge in [0.05, 0.1) is 7.11 Å². The van der Waals surface area contributed by atoms with Crippen molar-refractivity contribution in [1.29, 1.82) is 0 Å². The fourth-order valence-corrected chi connectivity index (χ4v) is 4.37. The molecule has 1 aliphatic rings. The minimum Gasteiger partial charge on any atom is -0.481 e. The first-order valence-electron chi connectivity index (χ1n) is 11.6. The Morgan fingerprint density at radius 3 is 2.26 bits per heavy atom. The summed E-state index contributed by atoms with van der Waals surface area (Å²) in [5, 5.41) is 5.70. The van der Waals surface area contributed by atoms with Crippen molar-refractivity contribution in [2.24, 2.45) is 11.8 Å². The van der Waals surface area contributed by atoms with Crippen LogP contribution in [0, 0.1) is 18.8 Å². The average molecular weight is 479 g/mol. The number of aryl methyl sites for hydroxylation is 1. The molecule has 0 radical (unpaired) electrons. The lowest BCUT2D eigenvalue weighted by Gasteiger charge is -2.28. The van der Waals surface area contributed by atoms with Crippen molar-refractivity contribution < 1.29 is 23.5 Å². The Balaban J connectivity index is 1.58. The van der Waals surface area contributed by atoms with Crippen molar-refractivity contribution in [3.63, 3.8) is 0 Å². The van der Waals surface area contributed by atoms with E-state index >= 15 is 0 Å². The van der Waals surface area contributed by atoms with Crippen molar-refractivity contribution in [2.75, 3.05) is 31.8 Å². The number of carbonyl (C=O) groups excluding carboxylic acids is 3. The molecule has 0 spiro atoms. The van der Waals surface area contributed by atoms with Crippen LogP contribution < -0.4 is 15.4 Å². The number of methoxy groups -OCH3 is 1. The zero-order valence-electron chi connectivity index (χ0n) is 20.4. The summed E-state index contributed by atoms with van der Waals surface area (Å²) in [6, 6.07) is 10.6. The van der Waals surface area contributed by atoms with Gasteiger partial charge in [-0.15, -0.1) is 0 Å². The summed E-state index contributed by atoms with van der Waals surface area (Å²) in [6.07, 6.45) is 2.48. The molecule has 9 heteroatoms. The Morgan fingerprint density at radius 2 is 1.63 bits per heavy atom. The molecule has 1 fully saturated rings. The van der Waals surface area contributed by atoms with E-state index in [-0.39, 0.29) is 35.1 Å². The van der Waals surface area contributed by atoms with Crippen molar-refractivity contribution in [3.05, 3.63) is 47.7 Å². The predicted molar refractivity (Wildman–Crippen MR) is 132 cm³/mol. The van der Waals surface area contributed by atoms with E-state index in [1.165, 1.54) is 7.11 Å². The number of carbonyl (C=O) groups is 3. The predicted octanol–water partition coefficient (Wildman–Crippen LogP) is 4.23. The van der Waals surface area contributed by atoms with Crippen molar-refractivity contribution >= 4 is 40.2 Å². The van der Waals surface area contributed by atoms with Crippen LogP contribution in [0.15, 0.2) is 40.8 Å². The molecule has 4 rings (SSSR count). The topological polar surface area (TPSA) is 114 Å². The fourth-order valence-electron chi connectivity index (χ4n) is 4.37. The van der Waals surface area contributed by atoms with Crippen molar-refractivity contribution in [1.82, 2.24) is 9.88 Å². The maximum absolute atomic E-state index is 13.2. The number of aromatic nitrogens is 1. The quantitative estimate of drug-likeness (QED) is 0.548. The number of nitrogens with one attached hydrogen (secondary N) is 2. The monoisotopic (exact) mass is 478 g/mol. The molecule has 1 saturated carbocycles. The molecule has 0 unspecified atom stereocenters. The highest BCUT2D eigenvalue weighted by atomic mass is 16.5. The average Bonchev–Trinajstić information content (AvgIpc) is 3.22. The maximum Gasteiger partial charge on any atom is 0.293 e. The van der Waals surface area contributed by atoms with Gasteiger partial charge in [-0.25, -0.2) is 4.98 Å². The normalized spacial score (nSPS) is 17.6. The van der Waals surface area contributed by atoms with E-state index < -0.39 is 5.91 Å². The van der Waals surface area contributed by atoms with Crippen LogP contribution in [-0.2, 0) is 9.59 Å². The molecule has 3 aromatic rings. The summed E-state index contributed by atoms with van der Waals surface area (Å²) < 4.78 is 11.1. The Kier molecular flexibility index (Phi) is 7.04. The van der Waals surface area contributed by atoms with Gasteiger partial charge in [0, 0.05) is 37.7 Å². The molecular formula is C26H30N4O5. The summed E-state index contributed by atoms with van der Waals surface area (Å²) in [4.78, 5) is 44.6. The molecule has 0 aliphatic heterocycles. The van der Waals surface area contributed by atoms with E-state index in [1.54, 1.807) is 43.3 Å². The summed E-state index contributed by atoms with van der Waals surface area (Å²) >= 11 is 0. The smallest absolute Gasteiger partial charge is 0.293 e. The van der Waals surface area contributed by atoms with Crippen LogP contribution in [0.3, 0.4) is 0 Å². The number of nitrogens with zero attached hydrogens (tertiary/aromatic N) is 2. The van der Waals surface area contributed by atoms with Crippen LogP contribution >= 0.6 is 0 Å². The van der Waals surface area contributed by atoms with Crippen molar-refractivity contribution in [3.8, 4) is 5.88 Å². The molecule has 1 aromatic carbocycles. The molecule has 35 heavy (non-hydrogen) atoms. The number of pyridine rings is 1. The van der Waals surface area contributed by atoms with Crippen LogP contribution in [0.4, 0.5) is 11.4 Å². The highest BCUT2D eigenvalue weighted by molar-refractivity contribution is 6.14. The lowest BCUT2D eigenvalue weighted by Crippen LogP contribution is -2.35. The molecule has 3 amide bonds. The van der Waals surface area contributed by atoms with Gasteiger partial charge in [-0.1, -0.05) is 17.7 Å². The Hall–Kier alpha value is -3.88. The third-order valence-corrected chi connectivity index (χ3v) is 6.37. The van der Waals surface area contributed by atoms with Gasteiger partial charge in [0.25, 0.3) is 5.91 Å². The largest absolute Gasteiger partial charge is 0.481 e. The standard InChI is InChI=1S/C26H30N4O5/c1-15-5-11-18(12-6-15)27-25(32)23-22(21-19(35-23)13-14-20(28-21)34-4)29-24(31)16-7-9-17(10-8-16)26(33)30(2)3/h5-6,11-14,16-17H,7-10H2,1-4H3,(H,27,32)(H,29,31). The summed E-state index contributed by atoms with van der Waals surface area (Å²) in [5.41, 5.74) is 2.57. The molecule has 2 N–H and O–H groups in total. The highest BCUT2D eigenvalue weighted by Gasteiger charge is 2.32. The molecule has 9 nitrogen and oxygen atoms in total. The van der Waals surface area contributed by atoms with E-state index in [4.69, 9.17) is 9.15 Å². The van der Waals surface area contributed by atoms with E-state index in [0.29, 0.717) is 48.4 Å². The van der Waals surface area contributed by atoms with Crippen LogP contribution in [0.2, 0.25) is 0 Å². The van der Waals surface area contributed by atoms with Gasteiger partial charge in [0.1, 0.15) is 11.2 Å². The first kappa shape index (κ1) is 24.3. The summed E-state index contributed by atoms with van der Waals surface area (Å²) in [7, 11) is 4.98. The van der Waals surface area contributed by atoms with E-state index in [1.807, 2.05) is 19.1 Å². The Labute approximate surface area is 203 Å². The van der Waals surface area contributed by atoms with Crippen LogP contribution in [0.25, 0.3) is 11.1 Å². The lowest BCUT2D eigenvalue weighted by atomic mass is 9.81. The second-order valence-corrected chi connectivity index (χ2v) is 9.10. The van der Waals surface area contributed by atoms with Gasteiger partial charge in [-0.3, -0.25) is 14.4 Å². The number of rotatable bonds is 6. The Bertz CT molecular complexity index is 1240. The number of ether oxygens (including phenoxy) is 1. The van der Waals surface area contributed by atoms with E-state index in [2.05, 4.69) is 15.6 Å². The number of fused-ring (bicyclic) bond motifs is 1. The zero-order chi connectivity index (χ0) is 25.1. The minimum atomic E-state index is -0.499. The summed E-state index contributed by atoms with van der Waals surface area (Å²) in [5.74, 6) is -0.668. The molecule has 1 aliphatic carbocycles. The number of hydrogen-bond acceptors (Lipinski definition) is 6. The number of anilines is 2. The molecule has 184 valence electrons. The third-order valence-electron chi connectivity index (χ3n) is 6.37. The van der Waals surface area contributed by atoms with Gasteiger partial charge < -0.3 is 24.7 Å². The Morgan fingerprint density at radius 1 is 0.971 bits per heavy atom. The molecule has 0 saturated heterocycles. The maximum atomic E-state index is 13.2. The van der Waals surface area contributed by atoms with Crippen LogP contribution in [-0.4, -0.2) is 48.8 Å². The van der Waals surface area contributed by atoms with E-state index in [0.717, 1.165) is 5.56 Å². The van der Waals surface area contributed by atoms with E-state index in [9.17, 15) is 14.4 Å². The number of hydrogen-bond donors (Lipinski definition) is 2. The molecule has 0 bridgehead atoms. The molecule has 2 aromatic heterocycles. The fraction of sp³-hybridized carbons (Fsp3) is 0.385. The summed E-state index contributed by atoms with van der Waals surface area (Å²) in [6.45, 7) is 1.96. The van der Waals surface area contributed by atoms with Gasteiger partial charge in [0.2, 0.25) is 23.5 Å². The second kappa shape index (κ2) is 10.2. The zero-order valence-corrected chi connectivity index (χ0v) is 20.4. The van der Waals surface area contributed by atoms with Gasteiger partial charge in [-0.05, 0) is 50.8 Å². The first-order chi connectivity index (χ1) is 16.8. The van der Waals surface area contributed by atoms with Gasteiger partial charge in [-0.2, -0.15) is 0 Å². The number of benzene rings is 1. The van der Waals surface area contributed by atoms with Crippen molar-refractivity contribution in [2.45, 2.75) is 32.6 Å². The number of furan rings is 1. The first-order valence-corrected chi connectivity index (χ1v) is 11.6. The van der Waals surface area contributed by atoms with Crippen LogP contribution in [0.1, 0.15) is 41.8 Å². The number of amides is 3. The lowest BCUT2D eigenvalue weighted by molar-refractivity contribution is -0.135. The second-order valence-electron chi connectivity index (χ2n) is 9.10. The molecule has 2 heterocycles. The molecular weight excluding hydrogens is 448 g/mol. The highest BCUT2D eigenvalue weighted by Crippen LogP contribution is 2.35.